The van der Waals surface area contributed by atoms with Gasteiger partial charge in [0.25, 0.3) is 0 Å². The van der Waals surface area contributed by atoms with Gasteiger partial charge in [-0.3, -0.25) is 9.89 Å². The molecule has 0 saturated heterocycles. The molecule has 4 aromatic rings. The smallest absolute Gasteiger partial charge is 0.250 e. The molecule has 10 nitrogen and oxygen atoms in total. The first kappa shape index (κ1) is 21.2. The van der Waals surface area contributed by atoms with E-state index < -0.39 is 11.9 Å². The average Bonchev–Trinajstić information content (AvgIpc) is 3.33. The first-order chi connectivity index (χ1) is 15.5. The molecule has 0 fully saturated rings. The monoisotopic (exact) mass is 450 g/mol. The van der Waals surface area contributed by atoms with Gasteiger partial charge in [-0.2, -0.15) is 10.1 Å². The summed E-state index contributed by atoms with van der Waals surface area (Å²) in [5.41, 5.74) is 7.55. The summed E-state index contributed by atoms with van der Waals surface area (Å²) in [6.07, 6.45) is 2.96. The zero-order valence-electron chi connectivity index (χ0n) is 16.7. The molecule has 0 aliphatic carbocycles. The number of H-pyrrole nitrogens is 1. The van der Waals surface area contributed by atoms with Gasteiger partial charge in [0.05, 0.1) is 28.8 Å². The average molecular weight is 451 g/mol. The van der Waals surface area contributed by atoms with Crippen molar-refractivity contribution in [3.8, 4) is 11.4 Å². The lowest BCUT2D eigenvalue weighted by Crippen LogP contribution is -2.17. The highest BCUT2D eigenvalue weighted by Gasteiger charge is 2.17. The topological polar surface area (TPSA) is 155 Å². The Morgan fingerprint density at radius 2 is 2.00 bits per heavy atom. The lowest BCUT2D eigenvalue weighted by Gasteiger charge is -2.19. The van der Waals surface area contributed by atoms with Crippen LogP contribution in [0.2, 0.25) is 5.02 Å². The van der Waals surface area contributed by atoms with Gasteiger partial charge >= 0.3 is 0 Å². The van der Waals surface area contributed by atoms with Crippen LogP contribution in [-0.2, 0) is 0 Å². The van der Waals surface area contributed by atoms with Crippen molar-refractivity contribution in [2.75, 3.05) is 17.2 Å². The molecule has 2 heterocycles. The number of nitrogens with two attached hydrogens (primary N) is 1. The molecule has 0 spiro atoms. The van der Waals surface area contributed by atoms with Gasteiger partial charge in [0.15, 0.2) is 5.82 Å². The fraction of sp³-hybridized carbons (Fsp3) is 0.0952. The van der Waals surface area contributed by atoms with Crippen LogP contribution >= 0.6 is 11.6 Å². The maximum atomic E-state index is 11.4. The number of rotatable bonds is 8. The molecule has 162 valence electrons. The summed E-state index contributed by atoms with van der Waals surface area (Å²) in [7, 11) is 0. The van der Waals surface area contributed by atoms with E-state index in [-0.39, 0.29) is 23.1 Å². The molecular weight excluding hydrogens is 432 g/mol. The van der Waals surface area contributed by atoms with E-state index in [4.69, 9.17) is 17.3 Å². The second-order valence-electron chi connectivity index (χ2n) is 6.76. The number of halogens is 1. The number of primary amides is 1. The number of nitrogens with one attached hydrogen (secondary N) is 3. The first-order valence-corrected chi connectivity index (χ1v) is 9.94. The Morgan fingerprint density at radius 1 is 1.19 bits per heavy atom. The van der Waals surface area contributed by atoms with E-state index in [0.29, 0.717) is 22.9 Å². The van der Waals surface area contributed by atoms with E-state index >= 15 is 0 Å². The first-order valence-electron chi connectivity index (χ1n) is 9.56. The highest BCUT2D eigenvalue weighted by atomic mass is 35.5. The Hall–Kier alpha value is -4.02. The Bertz CT molecular complexity index is 1220. The van der Waals surface area contributed by atoms with Crippen LogP contribution in [0.15, 0.2) is 61.1 Å². The molecule has 11 heteroatoms. The third-order valence-electron chi connectivity index (χ3n) is 4.65. The molecule has 4 rings (SSSR count). The normalized spacial score (nSPS) is 11.7. The molecule has 2 aromatic heterocycles. The predicted octanol–water partition coefficient (Wildman–Crippen LogP) is 2.90. The molecule has 0 saturated carbocycles. The van der Waals surface area contributed by atoms with Crippen LogP contribution in [0.25, 0.3) is 11.4 Å². The number of anilines is 3. The SMILES string of the molecule is NC(=O)c1ccc(Nc2ncc(-c3ncn[nH]3)c(N[C@H](CO)c3ccccc3)n2)cc1Cl. The van der Waals surface area contributed by atoms with Crippen molar-refractivity contribution in [2.45, 2.75) is 6.04 Å². The summed E-state index contributed by atoms with van der Waals surface area (Å²) in [5, 5.41) is 23.1. The quantitative estimate of drug-likeness (QED) is 0.274. The van der Waals surface area contributed by atoms with Crippen molar-refractivity contribution < 1.29 is 9.90 Å². The fourth-order valence-electron chi connectivity index (χ4n) is 3.07. The van der Waals surface area contributed by atoms with Crippen LogP contribution in [0.5, 0.6) is 0 Å². The number of nitrogens with zero attached hydrogens (tertiary/aromatic N) is 4. The third-order valence-corrected chi connectivity index (χ3v) is 4.96. The van der Waals surface area contributed by atoms with Crippen molar-refractivity contribution >= 4 is 35.0 Å². The van der Waals surface area contributed by atoms with E-state index in [1.807, 2.05) is 30.3 Å². The molecular formula is C21H19ClN8O2. The molecule has 6 N–H and O–H groups in total. The minimum Gasteiger partial charge on any atom is -0.394 e. The highest BCUT2D eigenvalue weighted by Crippen LogP contribution is 2.29. The molecule has 0 aliphatic rings. The van der Waals surface area contributed by atoms with Gasteiger partial charge < -0.3 is 21.5 Å². The van der Waals surface area contributed by atoms with E-state index in [0.717, 1.165) is 5.56 Å². The zero-order valence-corrected chi connectivity index (χ0v) is 17.4. The summed E-state index contributed by atoms with van der Waals surface area (Å²) in [6.45, 7) is -0.156. The standard InChI is InChI=1S/C21H19ClN8O2/c22-16-8-13(6-7-14(16)18(23)32)27-21-24-9-15(19-25-11-26-30-19)20(29-21)28-17(10-31)12-4-2-1-3-5-12/h1-9,11,17,31H,10H2,(H2,23,32)(H,25,26,30)(H2,24,27,28,29)/t17-/m1/s1. The van der Waals surface area contributed by atoms with E-state index in [9.17, 15) is 9.90 Å². The summed E-state index contributed by atoms with van der Waals surface area (Å²) >= 11 is 6.13. The molecule has 0 radical (unpaired) electrons. The van der Waals surface area contributed by atoms with Gasteiger partial charge in [-0.15, -0.1) is 0 Å². The molecule has 0 unspecified atom stereocenters. The van der Waals surface area contributed by atoms with Gasteiger partial charge in [-0.1, -0.05) is 41.9 Å². The number of amides is 1. The molecule has 2 aromatic carbocycles. The molecule has 1 atom stereocenters. The minimum absolute atomic E-state index is 0.156. The number of aliphatic hydroxyl groups excluding tert-OH is 1. The largest absolute Gasteiger partial charge is 0.394 e. The highest BCUT2D eigenvalue weighted by molar-refractivity contribution is 6.34. The summed E-state index contributed by atoms with van der Waals surface area (Å²) in [4.78, 5) is 24.5. The Balaban J connectivity index is 1.67. The number of hydrogen-bond acceptors (Lipinski definition) is 8. The van der Waals surface area contributed by atoms with Crippen molar-refractivity contribution in [1.29, 1.82) is 0 Å². The summed E-state index contributed by atoms with van der Waals surface area (Å²) in [6, 6.07) is 13.8. The lowest BCUT2D eigenvalue weighted by molar-refractivity contribution is 0.100. The Morgan fingerprint density at radius 3 is 2.66 bits per heavy atom. The Kier molecular flexibility index (Phi) is 6.24. The maximum absolute atomic E-state index is 11.4. The van der Waals surface area contributed by atoms with Gasteiger partial charge in [-0.25, -0.2) is 9.97 Å². The third kappa shape index (κ3) is 4.66. The van der Waals surface area contributed by atoms with Crippen LogP contribution in [0, 0.1) is 0 Å². The number of hydrogen-bond donors (Lipinski definition) is 5. The lowest BCUT2D eigenvalue weighted by atomic mass is 10.1. The van der Waals surface area contributed by atoms with Crippen molar-refractivity contribution in [1.82, 2.24) is 25.1 Å². The number of aliphatic hydroxyl groups is 1. The van der Waals surface area contributed by atoms with Gasteiger partial charge in [0, 0.05) is 11.9 Å². The van der Waals surface area contributed by atoms with Crippen LogP contribution in [-0.4, -0.2) is 42.8 Å². The number of aromatic nitrogens is 5. The van der Waals surface area contributed by atoms with Crippen molar-refractivity contribution in [3.63, 3.8) is 0 Å². The van der Waals surface area contributed by atoms with Crippen LogP contribution < -0.4 is 16.4 Å². The summed E-state index contributed by atoms with van der Waals surface area (Å²) in [5.74, 6) is 0.555. The molecule has 32 heavy (non-hydrogen) atoms. The minimum atomic E-state index is -0.614. The van der Waals surface area contributed by atoms with Crippen molar-refractivity contribution in [2.24, 2.45) is 5.73 Å². The van der Waals surface area contributed by atoms with Crippen LogP contribution in [0.3, 0.4) is 0 Å². The predicted molar refractivity (Wildman–Crippen MR) is 121 cm³/mol. The summed E-state index contributed by atoms with van der Waals surface area (Å²) < 4.78 is 0. The molecule has 0 aliphatic heterocycles. The second kappa shape index (κ2) is 9.41. The zero-order chi connectivity index (χ0) is 22.5. The number of aromatic amines is 1. The molecule has 0 bridgehead atoms. The van der Waals surface area contributed by atoms with Crippen LogP contribution in [0.1, 0.15) is 22.0 Å². The van der Waals surface area contributed by atoms with Gasteiger partial charge in [-0.05, 0) is 23.8 Å². The second-order valence-corrected chi connectivity index (χ2v) is 7.17. The van der Waals surface area contributed by atoms with E-state index in [2.05, 4.69) is 35.8 Å². The number of carbonyl (C=O) groups excluding carboxylic acids is 1. The fourth-order valence-corrected chi connectivity index (χ4v) is 3.34. The van der Waals surface area contributed by atoms with Gasteiger partial charge in [0.2, 0.25) is 11.9 Å². The molecule has 1 amide bonds. The van der Waals surface area contributed by atoms with E-state index in [1.54, 1.807) is 18.3 Å². The van der Waals surface area contributed by atoms with E-state index in [1.165, 1.54) is 12.4 Å². The number of benzene rings is 2. The number of carbonyl (C=O) groups is 1. The maximum Gasteiger partial charge on any atom is 0.250 e. The van der Waals surface area contributed by atoms with Gasteiger partial charge in [0.1, 0.15) is 12.1 Å². The van der Waals surface area contributed by atoms with Crippen molar-refractivity contribution in [3.05, 3.63) is 77.2 Å². The Labute approximate surface area is 187 Å². The van der Waals surface area contributed by atoms with Crippen LogP contribution in [0.4, 0.5) is 17.5 Å².